The summed E-state index contributed by atoms with van der Waals surface area (Å²) < 4.78 is 1.86. The van der Waals surface area contributed by atoms with Crippen LogP contribution in [-0.2, 0) is 4.79 Å². The molecule has 0 saturated carbocycles. The fourth-order valence-corrected chi connectivity index (χ4v) is 2.15. The van der Waals surface area contributed by atoms with Gasteiger partial charge in [0, 0.05) is 17.4 Å². The van der Waals surface area contributed by atoms with E-state index in [9.17, 15) is 4.79 Å². The standard InChI is InChI=1S/C16H17ClN2O/c1-2-3-15(19-11-10-18-12-19)16(20)9-6-13-4-7-14(17)8-5-13/h4-12,15H,2-3H2,1H3. The van der Waals surface area contributed by atoms with Gasteiger partial charge in [-0.05, 0) is 30.2 Å². The number of nitrogens with zero attached hydrogens (tertiary/aromatic N) is 2. The van der Waals surface area contributed by atoms with E-state index in [1.165, 1.54) is 0 Å². The van der Waals surface area contributed by atoms with Gasteiger partial charge < -0.3 is 4.57 Å². The van der Waals surface area contributed by atoms with Gasteiger partial charge in [0.2, 0.25) is 0 Å². The Balaban J connectivity index is 2.10. The first-order valence-corrected chi connectivity index (χ1v) is 7.03. The summed E-state index contributed by atoms with van der Waals surface area (Å²) in [7, 11) is 0. The predicted molar refractivity (Wildman–Crippen MR) is 81.7 cm³/mol. The van der Waals surface area contributed by atoms with Crippen molar-refractivity contribution in [2.24, 2.45) is 0 Å². The van der Waals surface area contributed by atoms with Crippen LogP contribution in [0.25, 0.3) is 6.08 Å². The maximum absolute atomic E-state index is 12.3. The van der Waals surface area contributed by atoms with E-state index < -0.39 is 0 Å². The molecule has 0 saturated heterocycles. The third-order valence-electron chi connectivity index (χ3n) is 3.09. The number of allylic oxidation sites excluding steroid dienone is 1. The van der Waals surface area contributed by atoms with Crippen LogP contribution in [0.5, 0.6) is 0 Å². The van der Waals surface area contributed by atoms with Gasteiger partial charge in [-0.25, -0.2) is 4.98 Å². The van der Waals surface area contributed by atoms with Crippen LogP contribution >= 0.6 is 11.6 Å². The maximum atomic E-state index is 12.3. The van der Waals surface area contributed by atoms with Crippen molar-refractivity contribution >= 4 is 23.5 Å². The molecule has 0 aliphatic carbocycles. The van der Waals surface area contributed by atoms with Crippen LogP contribution in [0.15, 0.2) is 49.1 Å². The van der Waals surface area contributed by atoms with Gasteiger partial charge in [-0.1, -0.05) is 43.2 Å². The zero-order valence-corrected chi connectivity index (χ0v) is 12.1. The van der Waals surface area contributed by atoms with E-state index in [2.05, 4.69) is 11.9 Å². The van der Waals surface area contributed by atoms with Crippen LogP contribution in [-0.4, -0.2) is 15.3 Å². The van der Waals surface area contributed by atoms with Gasteiger partial charge in [-0.3, -0.25) is 4.79 Å². The molecule has 20 heavy (non-hydrogen) atoms. The molecule has 1 heterocycles. The Hall–Kier alpha value is -1.87. The van der Waals surface area contributed by atoms with Crippen LogP contribution in [0.4, 0.5) is 0 Å². The minimum Gasteiger partial charge on any atom is -0.327 e. The zero-order chi connectivity index (χ0) is 14.4. The third kappa shape index (κ3) is 3.81. The number of aromatic nitrogens is 2. The van der Waals surface area contributed by atoms with Crippen LogP contribution in [0.3, 0.4) is 0 Å². The summed E-state index contributed by atoms with van der Waals surface area (Å²) in [5.74, 6) is 0.0831. The molecular weight excluding hydrogens is 272 g/mol. The highest BCUT2D eigenvalue weighted by molar-refractivity contribution is 6.30. The topological polar surface area (TPSA) is 34.9 Å². The van der Waals surface area contributed by atoms with Gasteiger partial charge in [-0.2, -0.15) is 0 Å². The van der Waals surface area contributed by atoms with Crippen molar-refractivity contribution in [3.63, 3.8) is 0 Å². The summed E-state index contributed by atoms with van der Waals surface area (Å²) in [4.78, 5) is 16.3. The van der Waals surface area contributed by atoms with Crippen molar-refractivity contribution in [2.75, 3.05) is 0 Å². The zero-order valence-electron chi connectivity index (χ0n) is 11.4. The smallest absolute Gasteiger partial charge is 0.178 e. The molecule has 0 amide bonds. The van der Waals surface area contributed by atoms with Gasteiger partial charge in [0.05, 0.1) is 12.4 Å². The minimum atomic E-state index is -0.175. The van der Waals surface area contributed by atoms with Crippen LogP contribution in [0.1, 0.15) is 31.4 Å². The van der Waals surface area contributed by atoms with Crippen molar-refractivity contribution < 1.29 is 4.79 Å². The first-order chi connectivity index (χ1) is 9.70. The number of hydrogen-bond acceptors (Lipinski definition) is 2. The van der Waals surface area contributed by atoms with Gasteiger partial charge in [0.25, 0.3) is 0 Å². The molecule has 3 nitrogen and oxygen atoms in total. The Kier molecular flexibility index (Phi) is 5.13. The Morgan fingerprint density at radius 2 is 2.15 bits per heavy atom. The molecule has 0 N–H and O–H groups in total. The fourth-order valence-electron chi connectivity index (χ4n) is 2.03. The second kappa shape index (κ2) is 7.06. The van der Waals surface area contributed by atoms with Crippen molar-refractivity contribution in [3.05, 3.63) is 59.6 Å². The summed E-state index contributed by atoms with van der Waals surface area (Å²) in [6.45, 7) is 2.07. The molecule has 1 unspecified atom stereocenters. The average molecular weight is 289 g/mol. The lowest BCUT2D eigenvalue weighted by atomic mass is 10.1. The minimum absolute atomic E-state index is 0.0831. The molecule has 4 heteroatoms. The van der Waals surface area contributed by atoms with E-state index >= 15 is 0 Å². The number of imidazole rings is 1. The number of benzene rings is 1. The Bertz CT molecular complexity index is 573. The molecule has 0 spiro atoms. The largest absolute Gasteiger partial charge is 0.327 e. The van der Waals surface area contributed by atoms with E-state index in [0.29, 0.717) is 5.02 Å². The molecule has 0 fully saturated rings. The van der Waals surface area contributed by atoms with Crippen molar-refractivity contribution in [1.29, 1.82) is 0 Å². The quantitative estimate of drug-likeness (QED) is 0.748. The summed E-state index contributed by atoms with van der Waals surface area (Å²) >= 11 is 5.83. The summed E-state index contributed by atoms with van der Waals surface area (Å²) in [5.41, 5.74) is 0.962. The predicted octanol–water partition coefficient (Wildman–Crippen LogP) is 4.16. The van der Waals surface area contributed by atoms with Crippen LogP contribution in [0.2, 0.25) is 5.02 Å². The highest BCUT2D eigenvalue weighted by Crippen LogP contribution is 2.17. The molecule has 1 aromatic carbocycles. The maximum Gasteiger partial charge on any atom is 0.178 e. The van der Waals surface area contributed by atoms with E-state index in [4.69, 9.17) is 11.6 Å². The van der Waals surface area contributed by atoms with E-state index in [1.54, 1.807) is 18.6 Å². The van der Waals surface area contributed by atoms with E-state index in [0.717, 1.165) is 18.4 Å². The molecule has 0 radical (unpaired) electrons. The Morgan fingerprint density at radius 1 is 1.40 bits per heavy atom. The second-order valence-corrected chi connectivity index (χ2v) is 5.04. The van der Waals surface area contributed by atoms with Gasteiger partial charge in [0.15, 0.2) is 5.78 Å². The molecule has 0 aliphatic rings. The molecule has 0 aliphatic heterocycles. The van der Waals surface area contributed by atoms with Gasteiger partial charge >= 0.3 is 0 Å². The van der Waals surface area contributed by atoms with E-state index in [1.807, 2.05) is 41.1 Å². The number of carbonyl (C=O) groups excluding carboxylic acids is 1. The summed E-state index contributed by atoms with van der Waals surface area (Å²) in [5, 5.41) is 0.691. The monoisotopic (exact) mass is 288 g/mol. The first-order valence-electron chi connectivity index (χ1n) is 6.65. The van der Waals surface area contributed by atoms with E-state index in [-0.39, 0.29) is 11.8 Å². The second-order valence-electron chi connectivity index (χ2n) is 4.60. The average Bonchev–Trinajstić information content (AvgIpc) is 2.97. The molecule has 1 atom stereocenters. The van der Waals surface area contributed by atoms with Gasteiger partial charge in [0.1, 0.15) is 0 Å². The van der Waals surface area contributed by atoms with Crippen molar-refractivity contribution in [2.45, 2.75) is 25.8 Å². The first kappa shape index (κ1) is 14.5. The number of rotatable bonds is 6. The molecule has 2 rings (SSSR count). The number of halogens is 1. The highest BCUT2D eigenvalue weighted by Gasteiger charge is 2.16. The molecule has 1 aromatic heterocycles. The lowest BCUT2D eigenvalue weighted by Crippen LogP contribution is -2.16. The number of ketones is 1. The molecular formula is C16H17ClN2O. The molecule has 0 bridgehead atoms. The van der Waals surface area contributed by atoms with Crippen molar-refractivity contribution in [3.8, 4) is 0 Å². The Labute approximate surface area is 123 Å². The third-order valence-corrected chi connectivity index (χ3v) is 3.34. The van der Waals surface area contributed by atoms with Crippen molar-refractivity contribution in [1.82, 2.24) is 9.55 Å². The normalized spacial score (nSPS) is 12.7. The lowest BCUT2D eigenvalue weighted by molar-refractivity contribution is -0.117. The van der Waals surface area contributed by atoms with Crippen LogP contribution < -0.4 is 0 Å². The molecule has 104 valence electrons. The summed E-state index contributed by atoms with van der Waals surface area (Å²) in [6.07, 6.45) is 10.4. The number of hydrogen-bond donors (Lipinski definition) is 0. The highest BCUT2D eigenvalue weighted by atomic mass is 35.5. The SMILES string of the molecule is CCCC(C(=O)C=Cc1ccc(Cl)cc1)n1ccnc1. The van der Waals surface area contributed by atoms with Gasteiger partial charge in [-0.15, -0.1) is 0 Å². The number of carbonyl (C=O) groups is 1. The Morgan fingerprint density at radius 3 is 2.75 bits per heavy atom. The summed E-state index contributed by atoms with van der Waals surface area (Å²) in [6, 6.07) is 7.22. The lowest BCUT2D eigenvalue weighted by Gasteiger charge is -2.14. The fraction of sp³-hybridized carbons (Fsp3) is 0.250. The van der Waals surface area contributed by atoms with Crippen LogP contribution in [0, 0.1) is 0 Å². The molecule has 2 aromatic rings.